The number of amides is 1. The van der Waals surface area contributed by atoms with Crippen molar-refractivity contribution in [3.63, 3.8) is 0 Å². The summed E-state index contributed by atoms with van der Waals surface area (Å²) >= 11 is 3.37. The van der Waals surface area contributed by atoms with Crippen LogP contribution in [-0.4, -0.2) is 18.0 Å². The summed E-state index contributed by atoms with van der Waals surface area (Å²) in [5, 5.41) is 3.10. The largest absolute Gasteiger partial charge is 0.345 e. The molecular weight excluding hydrogens is 316 g/mol. The van der Waals surface area contributed by atoms with Gasteiger partial charge in [-0.1, -0.05) is 34.8 Å². The fourth-order valence-corrected chi connectivity index (χ4v) is 2.77. The molecule has 0 aliphatic heterocycles. The van der Waals surface area contributed by atoms with Crippen molar-refractivity contribution in [2.24, 2.45) is 5.73 Å². The average Bonchev–Trinajstić information content (AvgIpc) is 2.78. The lowest BCUT2D eigenvalue weighted by Crippen LogP contribution is -2.51. The molecule has 1 aromatic carbocycles. The molecule has 1 aliphatic rings. The highest BCUT2D eigenvalue weighted by Crippen LogP contribution is 2.29. The third-order valence-electron chi connectivity index (χ3n) is 3.42. The molecule has 100 valence electrons. The molecule has 3 N–H and O–H groups in total. The van der Waals surface area contributed by atoms with Gasteiger partial charge >= 0.3 is 0 Å². The molecule has 1 amide bonds. The van der Waals surface area contributed by atoms with Gasteiger partial charge in [-0.25, -0.2) is 0 Å². The highest BCUT2D eigenvalue weighted by molar-refractivity contribution is 9.10. The Morgan fingerprint density at radius 2 is 2.06 bits per heavy atom. The van der Waals surface area contributed by atoms with Crippen molar-refractivity contribution in [2.75, 3.05) is 6.54 Å². The highest BCUT2D eigenvalue weighted by atomic mass is 79.9. The van der Waals surface area contributed by atoms with Crippen molar-refractivity contribution in [3.8, 4) is 0 Å². The summed E-state index contributed by atoms with van der Waals surface area (Å²) in [6.45, 7) is 0.521. The molecule has 0 aromatic heterocycles. The second-order valence-electron chi connectivity index (χ2n) is 4.66. The molecular formula is C13H18BrClN2O. The molecule has 0 heterocycles. The van der Waals surface area contributed by atoms with Gasteiger partial charge in [-0.05, 0) is 31.0 Å². The fraction of sp³-hybridized carbons (Fsp3) is 0.462. The first-order chi connectivity index (χ1) is 8.15. The fourth-order valence-electron chi connectivity index (χ4n) is 2.37. The van der Waals surface area contributed by atoms with E-state index in [0.717, 1.165) is 30.2 Å². The van der Waals surface area contributed by atoms with Crippen LogP contribution in [0.5, 0.6) is 0 Å². The smallest absolute Gasteiger partial charge is 0.251 e. The summed E-state index contributed by atoms with van der Waals surface area (Å²) in [5.41, 5.74) is 6.30. The van der Waals surface area contributed by atoms with Gasteiger partial charge < -0.3 is 11.1 Å². The van der Waals surface area contributed by atoms with Gasteiger partial charge in [0.1, 0.15) is 0 Å². The molecule has 3 nitrogen and oxygen atoms in total. The zero-order chi connectivity index (χ0) is 12.3. The molecule has 0 atom stereocenters. The number of hydrogen-bond donors (Lipinski definition) is 2. The van der Waals surface area contributed by atoms with Crippen LogP contribution in [-0.2, 0) is 0 Å². The maximum atomic E-state index is 12.1. The van der Waals surface area contributed by atoms with Crippen LogP contribution >= 0.6 is 28.3 Å². The number of benzene rings is 1. The van der Waals surface area contributed by atoms with E-state index in [-0.39, 0.29) is 23.9 Å². The van der Waals surface area contributed by atoms with Crippen LogP contribution in [0.1, 0.15) is 36.0 Å². The molecule has 5 heteroatoms. The van der Waals surface area contributed by atoms with Crippen molar-refractivity contribution in [1.29, 1.82) is 0 Å². The minimum Gasteiger partial charge on any atom is -0.345 e. The van der Waals surface area contributed by atoms with Crippen LogP contribution in [0.25, 0.3) is 0 Å². The second kappa shape index (κ2) is 6.55. The Hall–Kier alpha value is -0.580. The number of nitrogens with one attached hydrogen (secondary N) is 1. The molecule has 1 aliphatic carbocycles. The lowest BCUT2D eigenvalue weighted by molar-refractivity contribution is 0.0903. The Morgan fingerprint density at radius 1 is 1.39 bits per heavy atom. The number of hydrogen-bond acceptors (Lipinski definition) is 2. The number of carbonyl (C=O) groups excluding carboxylic acids is 1. The van der Waals surface area contributed by atoms with Gasteiger partial charge in [0.2, 0.25) is 0 Å². The molecule has 0 saturated heterocycles. The third kappa shape index (κ3) is 3.46. The van der Waals surface area contributed by atoms with Gasteiger partial charge in [-0.15, -0.1) is 12.4 Å². The maximum absolute atomic E-state index is 12.1. The Morgan fingerprint density at radius 3 is 2.61 bits per heavy atom. The molecule has 1 aromatic rings. The minimum absolute atomic E-state index is 0. The quantitative estimate of drug-likeness (QED) is 0.893. The molecule has 1 saturated carbocycles. The first-order valence-corrected chi connectivity index (χ1v) is 6.73. The SMILES string of the molecule is Cl.NCC1(NC(=O)c2cccc(Br)c2)CCCC1. The number of halogens is 2. The molecule has 0 unspecified atom stereocenters. The Balaban J connectivity index is 0.00000162. The van der Waals surface area contributed by atoms with Crippen molar-refractivity contribution in [2.45, 2.75) is 31.2 Å². The van der Waals surface area contributed by atoms with Crippen molar-refractivity contribution in [3.05, 3.63) is 34.3 Å². The lowest BCUT2D eigenvalue weighted by atomic mass is 9.97. The van der Waals surface area contributed by atoms with Crippen LogP contribution in [0.3, 0.4) is 0 Å². The summed E-state index contributed by atoms with van der Waals surface area (Å²) in [7, 11) is 0. The summed E-state index contributed by atoms with van der Waals surface area (Å²) in [6.07, 6.45) is 4.28. The molecule has 0 radical (unpaired) electrons. The predicted octanol–water partition coefficient (Wildman–Crippen LogP) is 2.87. The summed E-state index contributed by atoms with van der Waals surface area (Å²) in [6, 6.07) is 7.42. The topological polar surface area (TPSA) is 55.1 Å². The van der Waals surface area contributed by atoms with Gasteiger partial charge in [0.15, 0.2) is 0 Å². The first-order valence-electron chi connectivity index (χ1n) is 5.93. The molecule has 2 rings (SSSR count). The Bertz CT molecular complexity index is 419. The number of nitrogens with two attached hydrogens (primary N) is 1. The Labute approximate surface area is 122 Å². The van der Waals surface area contributed by atoms with Crippen LogP contribution in [0.2, 0.25) is 0 Å². The van der Waals surface area contributed by atoms with Crippen LogP contribution in [0, 0.1) is 0 Å². The van der Waals surface area contributed by atoms with E-state index in [4.69, 9.17) is 5.73 Å². The van der Waals surface area contributed by atoms with Crippen molar-refractivity contribution in [1.82, 2.24) is 5.32 Å². The van der Waals surface area contributed by atoms with E-state index in [2.05, 4.69) is 21.2 Å². The standard InChI is InChI=1S/C13H17BrN2O.ClH/c14-11-5-3-4-10(8-11)12(17)16-13(9-15)6-1-2-7-13;/h3-5,8H,1-2,6-7,9,15H2,(H,16,17);1H. The molecule has 0 spiro atoms. The molecule has 1 fully saturated rings. The zero-order valence-corrected chi connectivity index (χ0v) is 12.5. The zero-order valence-electron chi connectivity index (χ0n) is 10.1. The lowest BCUT2D eigenvalue weighted by Gasteiger charge is -2.28. The minimum atomic E-state index is -0.181. The van der Waals surface area contributed by atoms with Crippen molar-refractivity contribution < 1.29 is 4.79 Å². The van der Waals surface area contributed by atoms with Crippen LogP contribution < -0.4 is 11.1 Å². The second-order valence-corrected chi connectivity index (χ2v) is 5.57. The van der Waals surface area contributed by atoms with E-state index >= 15 is 0 Å². The third-order valence-corrected chi connectivity index (χ3v) is 3.91. The monoisotopic (exact) mass is 332 g/mol. The van der Waals surface area contributed by atoms with E-state index in [1.165, 1.54) is 0 Å². The molecule has 18 heavy (non-hydrogen) atoms. The number of rotatable bonds is 3. The highest BCUT2D eigenvalue weighted by Gasteiger charge is 2.33. The van der Waals surface area contributed by atoms with Crippen molar-refractivity contribution >= 4 is 34.2 Å². The Kier molecular flexibility index (Phi) is 5.63. The van der Waals surface area contributed by atoms with E-state index in [0.29, 0.717) is 12.1 Å². The van der Waals surface area contributed by atoms with Crippen LogP contribution in [0.4, 0.5) is 0 Å². The van der Waals surface area contributed by atoms with E-state index < -0.39 is 0 Å². The van der Waals surface area contributed by atoms with E-state index in [1.807, 2.05) is 24.3 Å². The van der Waals surface area contributed by atoms with Gasteiger partial charge in [-0.3, -0.25) is 4.79 Å². The average molecular weight is 334 g/mol. The summed E-state index contributed by atoms with van der Waals surface area (Å²) in [5.74, 6) is -0.0290. The predicted molar refractivity (Wildman–Crippen MR) is 79.1 cm³/mol. The van der Waals surface area contributed by atoms with Gasteiger partial charge in [0.25, 0.3) is 5.91 Å². The summed E-state index contributed by atoms with van der Waals surface area (Å²) in [4.78, 5) is 12.1. The van der Waals surface area contributed by atoms with Gasteiger partial charge in [-0.2, -0.15) is 0 Å². The normalized spacial score (nSPS) is 17.0. The molecule has 0 bridgehead atoms. The van der Waals surface area contributed by atoms with Crippen LogP contribution in [0.15, 0.2) is 28.7 Å². The first kappa shape index (κ1) is 15.5. The van der Waals surface area contributed by atoms with Gasteiger partial charge in [0.05, 0.1) is 5.54 Å². The van der Waals surface area contributed by atoms with E-state index in [1.54, 1.807) is 0 Å². The van der Waals surface area contributed by atoms with Gasteiger partial charge in [0, 0.05) is 16.6 Å². The maximum Gasteiger partial charge on any atom is 0.251 e. The number of carbonyl (C=O) groups is 1. The summed E-state index contributed by atoms with van der Waals surface area (Å²) < 4.78 is 0.915. The van der Waals surface area contributed by atoms with E-state index in [9.17, 15) is 4.79 Å².